The molecule has 4 nitrogen and oxygen atoms in total. The highest BCUT2D eigenvalue weighted by atomic mass is 16.1. The number of nitrogens with zero attached hydrogens (tertiary/aromatic N) is 1. The topological polar surface area (TPSA) is 46.1 Å². The van der Waals surface area contributed by atoms with Gasteiger partial charge < -0.3 is 15.2 Å². The number of aromatic nitrogens is 1. The van der Waals surface area contributed by atoms with Gasteiger partial charge in [0.05, 0.1) is 17.4 Å². The minimum Gasteiger partial charge on any atom is -0.372 e. The fourth-order valence-corrected chi connectivity index (χ4v) is 6.05. The number of carbonyl (C=O) groups is 1. The average Bonchev–Trinajstić information content (AvgIpc) is 3.04. The number of benzene rings is 3. The van der Waals surface area contributed by atoms with Crippen molar-refractivity contribution in [1.82, 2.24) is 4.57 Å². The van der Waals surface area contributed by atoms with E-state index in [4.69, 9.17) is 0 Å². The number of Topliss-reactive ketones (excluding diaryl/α,β-unsaturated/α-hetero) is 1. The molecule has 0 saturated carbocycles. The van der Waals surface area contributed by atoms with Gasteiger partial charge in [-0.1, -0.05) is 38.1 Å². The number of para-hydroxylation sites is 1. The Morgan fingerprint density at radius 1 is 0.914 bits per heavy atom. The van der Waals surface area contributed by atoms with E-state index in [0.29, 0.717) is 6.42 Å². The molecule has 0 radical (unpaired) electrons. The highest BCUT2D eigenvalue weighted by molar-refractivity contribution is 6.08. The molecule has 35 heavy (non-hydrogen) atoms. The lowest BCUT2D eigenvalue weighted by Gasteiger charge is -2.34. The van der Waals surface area contributed by atoms with Crippen molar-refractivity contribution in [3.05, 3.63) is 82.6 Å². The Labute approximate surface area is 207 Å². The molecule has 2 aliphatic rings. The zero-order valence-electron chi connectivity index (χ0n) is 21.3. The third-order valence-electron chi connectivity index (χ3n) is 7.87. The number of anilines is 2. The molecule has 1 aromatic heterocycles. The van der Waals surface area contributed by atoms with E-state index >= 15 is 0 Å². The standard InChI is InChI=1S/C31H33N3O/c1-6-34-26-10-8-7-9-21(26)22-15-20(11-12-27(22)34)30-29-25(16-31(4,5)17-28(29)35)32-23-13-18(2)19(3)14-24(23)33-30/h7-15,30,32-33H,6,16-17H2,1-5H3. The van der Waals surface area contributed by atoms with Crippen LogP contribution in [-0.4, -0.2) is 10.4 Å². The molecule has 0 spiro atoms. The van der Waals surface area contributed by atoms with Gasteiger partial charge >= 0.3 is 0 Å². The highest BCUT2D eigenvalue weighted by Crippen LogP contribution is 2.46. The lowest BCUT2D eigenvalue weighted by atomic mass is 9.73. The van der Waals surface area contributed by atoms with Crippen molar-refractivity contribution in [3.8, 4) is 0 Å². The molecule has 1 atom stereocenters. The predicted molar refractivity (Wildman–Crippen MR) is 146 cm³/mol. The van der Waals surface area contributed by atoms with Gasteiger partial charge in [-0.2, -0.15) is 0 Å². The number of fused-ring (bicyclic) bond motifs is 4. The number of rotatable bonds is 2. The first-order valence-electron chi connectivity index (χ1n) is 12.7. The lowest BCUT2D eigenvalue weighted by molar-refractivity contribution is -0.118. The largest absolute Gasteiger partial charge is 0.372 e. The molecule has 1 unspecified atom stereocenters. The summed E-state index contributed by atoms with van der Waals surface area (Å²) in [5.41, 5.74) is 10.1. The van der Waals surface area contributed by atoms with E-state index in [0.717, 1.165) is 41.2 Å². The van der Waals surface area contributed by atoms with Crippen LogP contribution in [-0.2, 0) is 11.3 Å². The van der Waals surface area contributed by atoms with E-state index < -0.39 is 0 Å². The molecule has 1 aliphatic heterocycles. The summed E-state index contributed by atoms with van der Waals surface area (Å²) in [6.45, 7) is 11.8. The summed E-state index contributed by atoms with van der Waals surface area (Å²) in [5.74, 6) is 0.235. The fraction of sp³-hybridized carbons (Fsp3) is 0.323. The van der Waals surface area contributed by atoms with E-state index in [-0.39, 0.29) is 17.2 Å². The summed E-state index contributed by atoms with van der Waals surface area (Å²) in [6.07, 6.45) is 1.42. The van der Waals surface area contributed by atoms with Gasteiger partial charge in [0.1, 0.15) is 0 Å². The molecular weight excluding hydrogens is 430 g/mol. The number of allylic oxidation sites excluding steroid dienone is 1. The Hall–Kier alpha value is -3.53. The van der Waals surface area contributed by atoms with Crippen molar-refractivity contribution < 1.29 is 4.79 Å². The van der Waals surface area contributed by atoms with Crippen LogP contribution in [0.5, 0.6) is 0 Å². The Morgan fingerprint density at radius 3 is 2.40 bits per heavy atom. The zero-order chi connectivity index (χ0) is 24.5. The molecule has 0 bridgehead atoms. The van der Waals surface area contributed by atoms with Gasteiger partial charge in [0.15, 0.2) is 5.78 Å². The van der Waals surface area contributed by atoms with Crippen molar-refractivity contribution in [3.63, 3.8) is 0 Å². The van der Waals surface area contributed by atoms with Crippen molar-refractivity contribution in [2.24, 2.45) is 5.41 Å². The molecule has 0 amide bonds. The van der Waals surface area contributed by atoms with Crippen molar-refractivity contribution in [1.29, 1.82) is 0 Å². The SMILES string of the molecule is CCn1c2ccccc2c2cc(C3Nc4cc(C)c(C)cc4NC4=C3C(=O)CC(C)(C)C4)ccc21. The minimum atomic E-state index is -0.197. The second-order valence-corrected chi connectivity index (χ2v) is 11.1. The molecule has 0 saturated heterocycles. The number of aryl methyl sites for hydroxylation is 3. The molecule has 3 aromatic carbocycles. The van der Waals surface area contributed by atoms with Gasteiger partial charge in [-0.15, -0.1) is 0 Å². The Balaban J connectivity index is 1.58. The minimum absolute atomic E-state index is 0.0593. The third kappa shape index (κ3) is 3.46. The third-order valence-corrected chi connectivity index (χ3v) is 7.87. The van der Waals surface area contributed by atoms with E-state index in [1.54, 1.807) is 0 Å². The second-order valence-electron chi connectivity index (χ2n) is 11.1. The molecule has 4 aromatic rings. The number of hydrogen-bond acceptors (Lipinski definition) is 3. The normalized spacial score (nSPS) is 19.2. The number of carbonyl (C=O) groups excluding carboxylic acids is 1. The quantitative estimate of drug-likeness (QED) is 0.321. The first kappa shape index (κ1) is 22.0. The van der Waals surface area contributed by atoms with E-state index in [1.807, 2.05) is 0 Å². The molecule has 1 aliphatic carbocycles. The molecule has 2 heterocycles. The molecule has 6 rings (SSSR count). The van der Waals surface area contributed by atoms with E-state index in [1.165, 1.54) is 32.9 Å². The lowest BCUT2D eigenvalue weighted by Crippen LogP contribution is -2.31. The Morgan fingerprint density at radius 2 is 1.63 bits per heavy atom. The van der Waals surface area contributed by atoms with Gasteiger partial charge in [0, 0.05) is 46.0 Å². The summed E-state index contributed by atoms with van der Waals surface area (Å²) < 4.78 is 2.37. The van der Waals surface area contributed by atoms with Gasteiger partial charge in [0.25, 0.3) is 0 Å². The van der Waals surface area contributed by atoms with Crippen LogP contribution < -0.4 is 10.6 Å². The van der Waals surface area contributed by atoms with Crippen LogP contribution >= 0.6 is 0 Å². The van der Waals surface area contributed by atoms with Crippen LogP contribution in [0.4, 0.5) is 11.4 Å². The van der Waals surface area contributed by atoms with Crippen LogP contribution in [0.3, 0.4) is 0 Å². The van der Waals surface area contributed by atoms with Gasteiger partial charge in [-0.3, -0.25) is 4.79 Å². The van der Waals surface area contributed by atoms with Crippen molar-refractivity contribution >= 4 is 39.0 Å². The van der Waals surface area contributed by atoms with Crippen LogP contribution in [0.2, 0.25) is 0 Å². The van der Waals surface area contributed by atoms with Gasteiger partial charge in [-0.05, 0) is 79.6 Å². The molecule has 4 heteroatoms. The molecule has 0 fully saturated rings. The molecule has 178 valence electrons. The maximum atomic E-state index is 13.7. The van der Waals surface area contributed by atoms with Crippen LogP contribution in [0, 0.1) is 19.3 Å². The maximum Gasteiger partial charge on any atom is 0.163 e. The summed E-state index contributed by atoms with van der Waals surface area (Å²) in [7, 11) is 0. The highest BCUT2D eigenvalue weighted by Gasteiger charge is 2.39. The maximum absolute atomic E-state index is 13.7. The number of nitrogens with one attached hydrogen (secondary N) is 2. The van der Waals surface area contributed by atoms with Crippen molar-refractivity contribution in [2.45, 2.75) is 60.0 Å². The second kappa shape index (κ2) is 7.74. The summed E-state index contributed by atoms with van der Waals surface area (Å²) >= 11 is 0. The van der Waals surface area contributed by atoms with E-state index in [2.05, 4.69) is 104 Å². The number of hydrogen-bond donors (Lipinski definition) is 2. The smallest absolute Gasteiger partial charge is 0.163 e. The monoisotopic (exact) mass is 463 g/mol. The van der Waals surface area contributed by atoms with Crippen LogP contribution in [0.1, 0.15) is 56.3 Å². The Bertz CT molecular complexity index is 1550. The molecular formula is C31H33N3O. The van der Waals surface area contributed by atoms with Gasteiger partial charge in [0.2, 0.25) is 0 Å². The van der Waals surface area contributed by atoms with Crippen molar-refractivity contribution in [2.75, 3.05) is 10.6 Å². The summed E-state index contributed by atoms with van der Waals surface area (Å²) in [6, 6.07) is 19.6. The molecule has 2 N–H and O–H groups in total. The van der Waals surface area contributed by atoms with Gasteiger partial charge in [-0.25, -0.2) is 0 Å². The van der Waals surface area contributed by atoms with Crippen LogP contribution in [0.25, 0.3) is 21.8 Å². The first-order valence-corrected chi connectivity index (χ1v) is 12.7. The Kier molecular flexibility index (Phi) is 4.86. The summed E-state index contributed by atoms with van der Waals surface area (Å²) in [4.78, 5) is 13.7. The average molecular weight is 464 g/mol. The first-order chi connectivity index (χ1) is 16.8. The summed E-state index contributed by atoms with van der Waals surface area (Å²) in [5, 5.41) is 9.97. The zero-order valence-corrected chi connectivity index (χ0v) is 21.3. The number of ketones is 1. The predicted octanol–water partition coefficient (Wildman–Crippen LogP) is 7.65. The van der Waals surface area contributed by atoms with Crippen LogP contribution in [0.15, 0.2) is 65.9 Å². The fourth-order valence-electron chi connectivity index (χ4n) is 6.05. The van der Waals surface area contributed by atoms with E-state index in [9.17, 15) is 4.79 Å².